The van der Waals surface area contributed by atoms with Crippen LogP contribution >= 0.6 is 0 Å². The molecule has 1 aliphatic rings. The van der Waals surface area contributed by atoms with E-state index in [-0.39, 0.29) is 11.9 Å². The summed E-state index contributed by atoms with van der Waals surface area (Å²) in [6, 6.07) is 0. The lowest BCUT2D eigenvalue weighted by Crippen LogP contribution is -2.38. The van der Waals surface area contributed by atoms with Gasteiger partial charge in [0.1, 0.15) is 0 Å². The van der Waals surface area contributed by atoms with E-state index in [0.717, 1.165) is 31.9 Å². The largest absolute Gasteiger partial charge is 0.466 e. The van der Waals surface area contributed by atoms with Gasteiger partial charge in [0.15, 0.2) is 0 Å². The van der Waals surface area contributed by atoms with E-state index < -0.39 is 0 Å². The van der Waals surface area contributed by atoms with Crippen molar-refractivity contribution in [3.8, 4) is 0 Å². The second-order valence-corrected chi connectivity index (χ2v) is 4.35. The molecule has 0 bridgehead atoms. The van der Waals surface area contributed by atoms with Crippen LogP contribution in [0.2, 0.25) is 0 Å². The van der Waals surface area contributed by atoms with E-state index >= 15 is 0 Å². The summed E-state index contributed by atoms with van der Waals surface area (Å²) in [5.41, 5.74) is 0. The lowest BCUT2D eigenvalue weighted by atomic mass is 9.97. The van der Waals surface area contributed by atoms with Crippen LogP contribution < -0.4 is 4.90 Å². The highest BCUT2D eigenvalue weighted by Crippen LogP contribution is 2.22. The number of aromatic nitrogens is 2. The Morgan fingerprint density at radius 3 is 2.76 bits per heavy atom. The Morgan fingerprint density at radius 1 is 1.53 bits per heavy atom. The van der Waals surface area contributed by atoms with E-state index in [9.17, 15) is 4.79 Å². The number of piperidine rings is 1. The minimum Gasteiger partial charge on any atom is -0.466 e. The topological polar surface area (TPSA) is 47.4 Å². The number of aryl methyl sites for hydroxylation is 1. The van der Waals surface area contributed by atoms with Gasteiger partial charge in [0.2, 0.25) is 5.95 Å². The third kappa shape index (κ3) is 2.60. The zero-order chi connectivity index (χ0) is 12.3. The normalized spacial score (nSPS) is 17.2. The number of carbonyl (C=O) groups excluding carboxylic acids is 1. The second kappa shape index (κ2) is 5.21. The molecule has 2 rings (SSSR count). The molecule has 1 aliphatic heterocycles. The highest BCUT2D eigenvalue weighted by Gasteiger charge is 2.27. The van der Waals surface area contributed by atoms with Gasteiger partial charge in [0.05, 0.1) is 12.5 Å². The number of rotatable bonds is 3. The second-order valence-electron chi connectivity index (χ2n) is 4.35. The molecule has 94 valence electrons. The van der Waals surface area contributed by atoms with Crippen LogP contribution in [0.3, 0.4) is 0 Å². The average Bonchev–Trinajstić information content (AvgIpc) is 2.76. The minimum atomic E-state index is -0.0491. The molecule has 1 fully saturated rings. The lowest BCUT2D eigenvalue weighted by molar-refractivity contribution is -0.148. The summed E-state index contributed by atoms with van der Waals surface area (Å²) in [6.07, 6.45) is 5.44. The summed E-state index contributed by atoms with van der Waals surface area (Å²) in [6.45, 7) is 4.06. The number of ether oxygens (including phenoxy) is 1. The van der Waals surface area contributed by atoms with Crippen molar-refractivity contribution in [1.29, 1.82) is 0 Å². The van der Waals surface area contributed by atoms with Crippen LogP contribution in [0.15, 0.2) is 12.4 Å². The van der Waals surface area contributed by atoms with E-state index in [1.165, 1.54) is 0 Å². The predicted octanol–water partition coefficient (Wildman–Crippen LogP) is 1.20. The van der Waals surface area contributed by atoms with Gasteiger partial charge in [-0.05, 0) is 19.8 Å². The molecule has 5 heteroatoms. The number of nitrogens with zero attached hydrogens (tertiary/aromatic N) is 3. The Balaban J connectivity index is 1.90. The standard InChI is InChI=1S/C12H19N3O2/c1-3-17-11(16)10-4-7-15(8-5-10)12-13-6-9-14(12)2/h6,9-10H,3-5,7-8H2,1-2H3. The van der Waals surface area contributed by atoms with Gasteiger partial charge < -0.3 is 14.2 Å². The molecule has 0 spiro atoms. The summed E-state index contributed by atoms with van der Waals surface area (Å²) in [5.74, 6) is 0.991. The Hall–Kier alpha value is -1.52. The highest BCUT2D eigenvalue weighted by molar-refractivity contribution is 5.72. The Labute approximate surface area is 101 Å². The van der Waals surface area contributed by atoms with E-state index in [4.69, 9.17) is 4.74 Å². The smallest absolute Gasteiger partial charge is 0.309 e. The van der Waals surface area contributed by atoms with Crippen molar-refractivity contribution in [2.24, 2.45) is 13.0 Å². The lowest BCUT2D eigenvalue weighted by Gasteiger charge is -2.31. The Morgan fingerprint density at radius 2 is 2.24 bits per heavy atom. The maximum Gasteiger partial charge on any atom is 0.309 e. The molecule has 0 amide bonds. The van der Waals surface area contributed by atoms with Crippen molar-refractivity contribution in [2.45, 2.75) is 19.8 Å². The fourth-order valence-electron chi connectivity index (χ4n) is 2.24. The van der Waals surface area contributed by atoms with Crippen molar-refractivity contribution < 1.29 is 9.53 Å². The molecule has 5 nitrogen and oxygen atoms in total. The maximum atomic E-state index is 11.6. The van der Waals surface area contributed by atoms with Crippen molar-refractivity contribution >= 4 is 11.9 Å². The molecule has 0 unspecified atom stereocenters. The summed E-state index contributed by atoms with van der Waals surface area (Å²) < 4.78 is 7.06. The number of carbonyl (C=O) groups is 1. The zero-order valence-electron chi connectivity index (χ0n) is 10.4. The van der Waals surface area contributed by atoms with Crippen LogP contribution in [-0.4, -0.2) is 35.2 Å². The van der Waals surface area contributed by atoms with Crippen LogP contribution in [0.25, 0.3) is 0 Å². The molecule has 1 aromatic rings. The number of anilines is 1. The van der Waals surface area contributed by atoms with E-state index in [1.54, 1.807) is 6.20 Å². The molecular weight excluding hydrogens is 218 g/mol. The summed E-state index contributed by atoms with van der Waals surface area (Å²) in [4.78, 5) is 18.1. The first-order valence-electron chi connectivity index (χ1n) is 6.11. The first-order valence-corrected chi connectivity index (χ1v) is 6.11. The molecule has 0 saturated carbocycles. The molecular formula is C12H19N3O2. The minimum absolute atomic E-state index is 0.0491. The molecule has 0 N–H and O–H groups in total. The molecule has 17 heavy (non-hydrogen) atoms. The Bertz CT molecular complexity index is 381. The molecule has 2 heterocycles. The van der Waals surface area contributed by atoms with Gasteiger partial charge in [-0.1, -0.05) is 0 Å². The highest BCUT2D eigenvalue weighted by atomic mass is 16.5. The van der Waals surface area contributed by atoms with Gasteiger partial charge in [-0.3, -0.25) is 4.79 Å². The van der Waals surface area contributed by atoms with Gasteiger partial charge >= 0.3 is 5.97 Å². The molecule has 0 aliphatic carbocycles. The van der Waals surface area contributed by atoms with Gasteiger partial charge in [-0.2, -0.15) is 0 Å². The quantitative estimate of drug-likeness (QED) is 0.741. The van der Waals surface area contributed by atoms with Gasteiger partial charge in [0.25, 0.3) is 0 Å². The first-order chi connectivity index (χ1) is 8.22. The van der Waals surface area contributed by atoms with E-state index in [2.05, 4.69) is 9.88 Å². The number of hydrogen-bond acceptors (Lipinski definition) is 4. The summed E-state index contributed by atoms with van der Waals surface area (Å²) >= 11 is 0. The van der Waals surface area contributed by atoms with Crippen LogP contribution in [-0.2, 0) is 16.6 Å². The fraction of sp³-hybridized carbons (Fsp3) is 0.667. The molecule has 0 aromatic carbocycles. The number of esters is 1. The SMILES string of the molecule is CCOC(=O)C1CCN(c2nccn2C)CC1. The van der Waals surface area contributed by atoms with Crippen LogP contribution in [0, 0.1) is 5.92 Å². The Kier molecular flexibility index (Phi) is 3.66. The summed E-state index contributed by atoms with van der Waals surface area (Å²) in [7, 11) is 1.99. The van der Waals surface area contributed by atoms with Gasteiger partial charge in [-0.15, -0.1) is 0 Å². The first kappa shape index (κ1) is 12.0. The van der Waals surface area contributed by atoms with Gasteiger partial charge in [0, 0.05) is 32.5 Å². The number of hydrogen-bond donors (Lipinski definition) is 0. The fourth-order valence-corrected chi connectivity index (χ4v) is 2.24. The predicted molar refractivity (Wildman–Crippen MR) is 64.8 cm³/mol. The maximum absolute atomic E-state index is 11.6. The zero-order valence-corrected chi connectivity index (χ0v) is 10.4. The van der Waals surface area contributed by atoms with Crippen molar-refractivity contribution in [1.82, 2.24) is 9.55 Å². The molecule has 0 atom stereocenters. The molecule has 0 radical (unpaired) electrons. The van der Waals surface area contributed by atoms with E-state index in [1.807, 2.05) is 24.7 Å². The third-order valence-electron chi connectivity index (χ3n) is 3.19. The van der Waals surface area contributed by atoms with Gasteiger partial charge in [-0.25, -0.2) is 4.98 Å². The van der Waals surface area contributed by atoms with Crippen molar-refractivity contribution in [3.63, 3.8) is 0 Å². The average molecular weight is 237 g/mol. The molecule has 1 saturated heterocycles. The van der Waals surface area contributed by atoms with Crippen LogP contribution in [0.4, 0.5) is 5.95 Å². The monoisotopic (exact) mass is 237 g/mol. The van der Waals surface area contributed by atoms with Crippen molar-refractivity contribution in [2.75, 3.05) is 24.6 Å². The molecule has 1 aromatic heterocycles. The van der Waals surface area contributed by atoms with Crippen LogP contribution in [0.1, 0.15) is 19.8 Å². The third-order valence-corrected chi connectivity index (χ3v) is 3.19. The summed E-state index contributed by atoms with van der Waals surface area (Å²) in [5, 5.41) is 0. The van der Waals surface area contributed by atoms with Crippen LogP contribution in [0.5, 0.6) is 0 Å². The van der Waals surface area contributed by atoms with E-state index in [0.29, 0.717) is 6.61 Å². The number of imidazole rings is 1. The van der Waals surface area contributed by atoms with Crippen molar-refractivity contribution in [3.05, 3.63) is 12.4 Å².